The minimum atomic E-state index is -3.37. The first-order valence-electron chi connectivity index (χ1n) is 10.8. The van der Waals surface area contributed by atoms with E-state index in [-0.39, 0.29) is 30.7 Å². The number of sulfonamides is 1. The van der Waals surface area contributed by atoms with Gasteiger partial charge in [-0.15, -0.1) is 0 Å². The van der Waals surface area contributed by atoms with Crippen molar-refractivity contribution in [2.75, 3.05) is 33.1 Å². The van der Waals surface area contributed by atoms with Crippen molar-refractivity contribution in [2.45, 2.75) is 62.6 Å². The maximum absolute atomic E-state index is 12.5. The molecule has 1 saturated carbocycles. The smallest absolute Gasteiger partial charge is 0.248 e. The van der Waals surface area contributed by atoms with Gasteiger partial charge in [-0.05, 0) is 50.0 Å². The van der Waals surface area contributed by atoms with Crippen LogP contribution in [0.15, 0.2) is 30.3 Å². The number of carbonyl (C=O) groups is 1. The average Bonchev–Trinajstić information content (AvgIpc) is 2.73. The van der Waals surface area contributed by atoms with Gasteiger partial charge in [0.05, 0.1) is 25.0 Å². The van der Waals surface area contributed by atoms with Gasteiger partial charge in [0.1, 0.15) is 6.61 Å². The molecule has 2 fully saturated rings. The molecule has 1 N–H and O–H groups in total. The van der Waals surface area contributed by atoms with E-state index in [2.05, 4.69) is 29.0 Å². The number of ether oxygens (including phenoxy) is 2. The van der Waals surface area contributed by atoms with Gasteiger partial charge in [-0.1, -0.05) is 30.3 Å². The van der Waals surface area contributed by atoms with Crippen molar-refractivity contribution in [1.82, 2.24) is 9.62 Å². The minimum absolute atomic E-state index is 0.00964. The minimum Gasteiger partial charge on any atom is -0.376 e. The number of amides is 1. The normalized spacial score (nSPS) is 27.7. The van der Waals surface area contributed by atoms with Crippen LogP contribution in [-0.2, 0) is 24.3 Å². The summed E-state index contributed by atoms with van der Waals surface area (Å²) in [5.41, 5.74) is 1.39. The van der Waals surface area contributed by atoms with Gasteiger partial charge >= 0.3 is 0 Å². The Balaban J connectivity index is 1.59. The lowest BCUT2D eigenvalue weighted by molar-refractivity contribution is -0.142. The number of piperidine rings is 1. The summed E-state index contributed by atoms with van der Waals surface area (Å²) in [6, 6.07) is 9.94. The molecule has 1 aliphatic carbocycles. The number of rotatable bonds is 8. The molecule has 1 aromatic carbocycles. The van der Waals surface area contributed by atoms with Crippen molar-refractivity contribution in [3.05, 3.63) is 35.9 Å². The molecule has 1 heterocycles. The lowest BCUT2D eigenvalue weighted by Gasteiger charge is -2.42. The van der Waals surface area contributed by atoms with Crippen LogP contribution in [0.4, 0.5) is 0 Å². The van der Waals surface area contributed by atoms with Crippen molar-refractivity contribution in [3.63, 3.8) is 0 Å². The van der Waals surface area contributed by atoms with E-state index in [0.29, 0.717) is 25.5 Å². The van der Waals surface area contributed by atoms with E-state index < -0.39 is 10.0 Å². The zero-order valence-electron chi connectivity index (χ0n) is 18.0. The summed E-state index contributed by atoms with van der Waals surface area (Å²) >= 11 is 0. The highest BCUT2D eigenvalue weighted by Gasteiger charge is 2.36. The number of benzene rings is 1. The number of hydrogen-bond donors (Lipinski definition) is 1. The highest BCUT2D eigenvalue weighted by Crippen LogP contribution is 2.34. The topological polar surface area (TPSA) is 84.9 Å². The third-order valence-electron chi connectivity index (χ3n) is 6.18. The maximum atomic E-state index is 12.5. The van der Waals surface area contributed by atoms with Crippen LogP contribution in [0.2, 0.25) is 0 Å². The van der Waals surface area contributed by atoms with Crippen LogP contribution in [0.1, 0.15) is 50.0 Å². The fraction of sp³-hybridized carbons (Fsp3) is 0.682. The van der Waals surface area contributed by atoms with E-state index in [1.807, 2.05) is 6.07 Å². The van der Waals surface area contributed by atoms with Gasteiger partial charge in [-0.25, -0.2) is 13.1 Å². The molecule has 0 radical (unpaired) electrons. The van der Waals surface area contributed by atoms with E-state index in [1.54, 1.807) is 4.90 Å². The highest BCUT2D eigenvalue weighted by molar-refractivity contribution is 7.88. The largest absolute Gasteiger partial charge is 0.376 e. The second-order valence-electron chi connectivity index (χ2n) is 8.44. The summed E-state index contributed by atoms with van der Waals surface area (Å²) in [7, 11) is -1.88. The Morgan fingerprint density at radius 1 is 1.13 bits per heavy atom. The molecule has 2 aliphatic rings. The Morgan fingerprint density at radius 3 is 2.47 bits per heavy atom. The fourth-order valence-corrected chi connectivity index (χ4v) is 5.54. The first kappa shape index (κ1) is 23.2. The first-order chi connectivity index (χ1) is 14.4. The van der Waals surface area contributed by atoms with Gasteiger partial charge in [0.25, 0.3) is 0 Å². The molecule has 0 unspecified atom stereocenters. The molecular formula is C22H34N2O5S. The molecule has 3 rings (SSSR count). The lowest BCUT2D eigenvalue weighted by atomic mass is 9.83. The molecule has 2 atom stereocenters. The first-order valence-corrected chi connectivity index (χ1v) is 12.7. The van der Waals surface area contributed by atoms with Gasteiger partial charge in [-0.2, -0.15) is 0 Å². The molecule has 0 bridgehead atoms. The Kier molecular flexibility index (Phi) is 8.27. The molecule has 8 heteroatoms. The summed E-state index contributed by atoms with van der Waals surface area (Å²) in [4.78, 5) is 14.3. The molecule has 0 aromatic heterocycles. The van der Waals surface area contributed by atoms with E-state index in [0.717, 1.165) is 38.4 Å². The number of carbonyl (C=O) groups excluding carboxylic acids is 1. The number of nitrogens with one attached hydrogen (secondary N) is 1. The average molecular weight is 439 g/mol. The van der Waals surface area contributed by atoms with Crippen LogP contribution < -0.4 is 4.72 Å². The van der Waals surface area contributed by atoms with Crippen LogP contribution in [0.5, 0.6) is 0 Å². The van der Waals surface area contributed by atoms with Crippen molar-refractivity contribution in [1.29, 1.82) is 0 Å². The van der Waals surface area contributed by atoms with Crippen LogP contribution in [0.25, 0.3) is 0 Å². The Bertz CT molecular complexity index is 778. The van der Waals surface area contributed by atoms with Gasteiger partial charge in [0.15, 0.2) is 0 Å². The second kappa shape index (κ2) is 10.7. The molecule has 30 heavy (non-hydrogen) atoms. The number of nitrogens with zero attached hydrogens (tertiary/aromatic N) is 1. The zero-order chi connectivity index (χ0) is 21.6. The molecule has 168 valence electrons. The number of likely N-dealkylation sites (tertiary alicyclic amines) is 1. The summed E-state index contributed by atoms with van der Waals surface area (Å²) in [6.07, 6.45) is 6.86. The summed E-state index contributed by atoms with van der Waals surface area (Å²) in [6.45, 7) is 0.923. The van der Waals surface area contributed by atoms with Gasteiger partial charge in [-0.3, -0.25) is 4.79 Å². The Hall–Kier alpha value is -1.48. The van der Waals surface area contributed by atoms with E-state index in [1.165, 1.54) is 12.7 Å². The van der Waals surface area contributed by atoms with Crippen molar-refractivity contribution < 1.29 is 22.7 Å². The third kappa shape index (κ3) is 6.51. The van der Waals surface area contributed by atoms with E-state index >= 15 is 0 Å². The predicted octanol–water partition coefficient (Wildman–Crippen LogP) is 2.28. The highest BCUT2D eigenvalue weighted by atomic mass is 32.2. The Labute approximate surface area is 180 Å². The van der Waals surface area contributed by atoms with Crippen molar-refractivity contribution in [2.24, 2.45) is 0 Å². The molecular weight excluding hydrogens is 404 g/mol. The molecule has 1 aliphatic heterocycles. The standard InChI is InChI=1S/C22H34N2O5S/c1-28-16-22(25)24-14-6-9-20(23-30(2,26)27)21(24)15-29-19-12-10-18(11-13-19)17-7-4-3-5-8-17/h3-5,7-8,18-21,23H,6,9-16H2,1-2H3/t18-,19+,20-,21-/m0/s1. The SMILES string of the molecule is COCC(=O)N1CCC[C@H](NS(C)(=O)=O)[C@@H]1CO[C@H]1CC[C@@H](c2ccccc2)CC1. The van der Waals surface area contributed by atoms with Gasteiger partial charge in [0, 0.05) is 19.7 Å². The zero-order valence-corrected chi connectivity index (χ0v) is 18.8. The van der Waals surface area contributed by atoms with E-state index in [9.17, 15) is 13.2 Å². The quantitative estimate of drug-likeness (QED) is 0.673. The summed E-state index contributed by atoms with van der Waals surface area (Å²) < 4.78 is 37.7. The Morgan fingerprint density at radius 2 is 1.83 bits per heavy atom. The summed E-state index contributed by atoms with van der Waals surface area (Å²) in [5.74, 6) is 0.444. The van der Waals surface area contributed by atoms with E-state index in [4.69, 9.17) is 9.47 Å². The lowest BCUT2D eigenvalue weighted by Crippen LogP contribution is -2.59. The van der Waals surface area contributed by atoms with Crippen molar-refractivity contribution >= 4 is 15.9 Å². The maximum Gasteiger partial charge on any atom is 0.248 e. The fourth-order valence-electron chi connectivity index (χ4n) is 4.71. The second-order valence-corrected chi connectivity index (χ2v) is 10.2. The molecule has 1 aromatic rings. The number of hydrogen-bond acceptors (Lipinski definition) is 5. The molecule has 1 amide bonds. The molecule has 0 spiro atoms. The predicted molar refractivity (Wildman–Crippen MR) is 116 cm³/mol. The van der Waals surface area contributed by atoms with Gasteiger partial charge in [0.2, 0.25) is 15.9 Å². The molecule has 1 saturated heterocycles. The number of methoxy groups -OCH3 is 1. The monoisotopic (exact) mass is 438 g/mol. The van der Waals surface area contributed by atoms with Crippen molar-refractivity contribution in [3.8, 4) is 0 Å². The molecule has 7 nitrogen and oxygen atoms in total. The van der Waals surface area contributed by atoms with Gasteiger partial charge < -0.3 is 14.4 Å². The third-order valence-corrected chi connectivity index (χ3v) is 6.91. The van der Waals surface area contributed by atoms with Crippen LogP contribution in [0, 0.1) is 0 Å². The van der Waals surface area contributed by atoms with Crippen LogP contribution >= 0.6 is 0 Å². The summed E-state index contributed by atoms with van der Waals surface area (Å²) in [5, 5.41) is 0. The van der Waals surface area contributed by atoms with Crippen LogP contribution in [-0.4, -0.2) is 70.5 Å². The van der Waals surface area contributed by atoms with Crippen LogP contribution in [0.3, 0.4) is 0 Å².